The number of fused-ring (bicyclic) bond motifs is 1. The lowest BCUT2D eigenvalue weighted by atomic mass is 10.2. The van der Waals surface area contributed by atoms with Gasteiger partial charge in [0.15, 0.2) is 11.5 Å². The molecule has 0 aliphatic heterocycles. The number of aliphatic imine (C=N–C) groups is 1. The maximum atomic E-state index is 4.47. The zero-order chi connectivity index (χ0) is 13.7. The molecule has 19 heavy (non-hydrogen) atoms. The summed E-state index contributed by atoms with van der Waals surface area (Å²) >= 11 is 0. The third-order valence-electron chi connectivity index (χ3n) is 2.58. The minimum atomic E-state index is 0.627. The van der Waals surface area contributed by atoms with Crippen LogP contribution in [-0.4, -0.2) is 34.2 Å². The summed E-state index contributed by atoms with van der Waals surface area (Å²) < 4.78 is 1.95. The maximum absolute atomic E-state index is 4.47. The second-order valence-electron chi connectivity index (χ2n) is 4.11. The van der Waals surface area contributed by atoms with Crippen molar-refractivity contribution in [1.82, 2.24) is 14.4 Å². The zero-order valence-corrected chi connectivity index (χ0v) is 11.2. The van der Waals surface area contributed by atoms with Gasteiger partial charge in [-0.25, -0.2) is 9.97 Å². The topological polar surface area (TPSA) is 54.6 Å². The van der Waals surface area contributed by atoms with Crippen LogP contribution in [0.15, 0.2) is 47.9 Å². The molecule has 0 radical (unpaired) electrons. The third kappa shape index (κ3) is 3.07. The van der Waals surface area contributed by atoms with Crippen LogP contribution in [0.2, 0.25) is 0 Å². The number of imidazole rings is 1. The first-order valence-electron chi connectivity index (χ1n) is 6.02. The molecule has 0 bridgehead atoms. The average Bonchev–Trinajstić information content (AvgIpc) is 2.84. The lowest BCUT2D eigenvalue weighted by Crippen LogP contribution is -2.09. The van der Waals surface area contributed by atoms with Gasteiger partial charge in [0.1, 0.15) is 0 Å². The molecule has 0 saturated heterocycles. The molecule has 0 saturated carbocycles. The van der Waals surface area contributed by atoms with Crippen LogP contribution in [0.5, 0.6) is 0 Å². The first kappa shape index (κ1) is 13.0. The third-order valence-corrected chi connectivity index (χ3v) is 2.58. The van der Waals surface area contributed by atoms with Gasteiger partial charge in [0.05, 0.1) is 5.69 Å². The summed E-state index contributed by atoms with van der Waals surface area (Å²) in [6.07, 6.45) is 11.1. The Labute approximate surface area is 112 Å². The van der Waals surface area contributed by atoms with E-state index < -0.39 is 0 Å². The van der Waals surface area contributed by atoms with Crippen molar-refractivity contribution in [3.05, 3.63) is 48.6 Å². The second kappa shape index (κ2) is 5.95. The molecule has 0 amide bonds. The molecule has 2 aromatic rings. The Morgan fingerprint density at radius 2 is 2.42 bits per heavy atom. The smallest absolute Gasteiger partial charge is 0.180 e. The number of allylic oxidation sites excluding steroid dienone is 2. The fourth-order valence-corrected chi connectivity index (χ4v) is 1.83. The molecule has 98 valence electrons. The van der Waals surface area contributed by atoms with Crippen LogP contribution in [0.1, 0.15) is 5.69 Å². The Morgan fingerprint density at radius 1 is 1.58 bits per heavy atom. The Balaban J connectivity index is 2.23. The highest BCUT2D eigenvalue weighted by Crippen LogP contribution is 2.13. The fourth-order valence-electron chi connectivity index (χ4n) is 1.83. The van der Waals surface area contributed by atoms with E-state index in [1.165, 1.54) is 0 Å². The maximum Gasteiger partial charge on any atom is 0.180 e. The molecule has 5 heteroatoms. The number of aryl methyl sites for hydroxylation is 1. The lowest BCUT2D eigenvalue weighted by molar-refractivity contribution is 1.06. The predicted octanol–water partition coefficient (Wildman–Crippen LogP) is 2.26. The van der Waals surface area contributed by atoms with Gasteiger partial charge < -0.3 is 9.72 Å². The zero-order valence-electron chi connectivity index (χ0n) is 11.2. The van der Waals surface area contributed by atoms with E-state index in [0.717, 1.165) is 22.7 Å². The van der Waals surface area contributed by atoms with E-state index in [2.05, 4.69) is 26.9 Å². The summed E-state index contributed by atoms with van der Waals surface area (Å²) in [6.45, 7) is 6.28. The largest absolute Gasteiger partial charge is 0.363 e. The van der Waals surface area contributed by atoms with Crippen molar-refractivity contribution in [3.8, 4) is 0 Å². The van der Waals surface area contributed by atoms with Crippen molar-refractivity contribution >= 4 is 17.7 Å². The molecule has 1 N–H and O–H groups in total. The first-order valence-corrected chi connectivity index (χ1v) is 6.02. The van der Waals surface area contributed by atoms with Crippen molar-refractivity contribution < 1.29 is 0 Å². The Bertz CT molecular complexity index is 636. The van der Waals surface area contributed by atoms with Gasteiger partial charge >= 0.3 is 0 Å². The SMILES string of the molecule is C=C/C=C(\C=NC)CNc1nc(C)cn2ccnc12. The highest BCUT2D eigenvalue weighted by Gasteiger charge is 2.05. The van der Waals surface area contributed by atoms with Gasteiger partial charge in [-0.05, 0) is 12.5 Å². The molecule has 0 aliphatic carbocycles. The van der Waals surface area contributed by atoms with E-state index in [0.29, 0.717) is 6.54 Å². The summed E-state index contributed by atoms with van der Waals surface area (Å²) in [6, 6.07) is 0. The van der Waals surface area contributed by atoms with E-state index in [9.17, 15) is 0 Å². The molecule has 0 aromatic carbocycles. The average molecular weight is 255 g/mol. The van der Waals surface area contributed by atoms with Gasteiger partial charge in [-0.2, -0.15) is 0 Å². The molecule has 0 atom stereocenters. The lowest BCUT2D eigenvalue weighted by Gasteiger charge is -2.08. The number of hydrogen-bond donors (Lipinski definition) is 1. The normalized spacial score (nSPS) is 12.2. The van der Waals surface area contributed by atoms with Crippen LogP contribution >= 0.6 is 0 Å². The van der Waals surface area contributed by atoms with Crippen LogP contribution in [-0.2, 0) is 0 Å². The van der Waals surface area contributed by atoms with Crippen molar-refractivity contribution in [2.45, 2.75) is 6.92 Å². The fraction of sp³-hybridized carbons (Fsp3) is 0.214. The van der Waals surface area contributed by atoms with Crippen LogP contribution < -0.4 is 5.32 Å². The quantitative estimate of drug-likeness (QED) is 0.658. The minimum absolute atomic E-state index is 0.627. The van der Waals surface area contributed by atoms with E-state index in [1.54, 1.807) is 25.5 Å². The van der Waals surface area contributed by atoms with Gasteiger partial charge in [0, 0.05) is 38.4 Å². The number of anilines is 1. The Kier molecular flexibility index (Phi) is 4.07. The minimum Gasteiger partial charge on any atom is -0.363 e. The van der Waals surface area contributed by atoms with Crippen molar-refractivity contribution in [3.63, 3.8) is 0 Å². The van der Waals surface area contributed by atoms with Crippen LogP contribution in [0.4, 0.5) is 5.82 Å². The summed E-state index contributed by atoms with van der Waals surface area (Å²) in [5.41, 5.74) is 2.79. The number of nitrogens with one attached hydrogen (secondary N) is 1. The molecule has 0 fully saturated rings. The molecule has 5 nitrogen and oxygen atoms in total. The number of nitrogens with zero attached hydrogens (tertiary/aromatic N) is 4. The predicted molar refractivity (Wildman–Crippen MR) is 78.9 cm³/mol. The molecule has 2 aromatic heterocycles. The molecule has 0 spiro atoms. The standard InChI is InChI=1S/C14H17N5/c1-4-5-12(8-15-3)9-17-13-14-16-6-7-19(14)10-11(2)18-13/h4-8,10H,1,9H2,2-3H3,(H,17,18)/b12-5+,15-8?. The highest BCUT2D eigenvalue weighted by atomic mass is 15.1. The van der Waals surface area contributed by atoms with Crippen LogP contribution in [0.25, 0.3) is 5.65 Å². The van der Waals surface area contributed by atoms with Gasteiger partial charge in [-0.3, -0.25) is 4.99 Å². The number of hydrogen-bond acceptors (Lipinski definition) is 4. The molecular weight excluding hydrogens is 238 g/mol. The second-order valence-corrected chi connectivity index (χ2v) is 4.11. The molecule has 0 unspecified atom stereocenters. The molecule has 0 aliphatic rings. The van der Waals surface area contributed by atoms with Gasteiger partial charge in [0.2, 0.25) is 0 Å². The summed E-state index contributed by atoms with van der Waals surface area (Å²) in [4.78, 5) is 12.8. The Hall–Kier alpha value is -2.43. The summed E-state index contributed by atoms with van der Waals surface area (Å²) in [5.74, 6) is 0.768. The molecule has 2 heterocycles. The van der Waals surface area contributed by atoms with Crippen molar-refractivity contribution in [2.24, 2.45) is 4.99 Å². The van der Waals surface area contributed by atoms with Crippen LogP contribution in [0, 0.1) is 6.92 Å². The van der Waals surface area contributed by atoms with E-state index in [1.807, 2.05) is 29.8 Å². The van der Waals surface area contributed by atoms with Crippen molar-refractivity contribution in [1.29, 1.82) is 0 Å². The summed E-state index contributed by atoms with van der Waals surface area (Å²) in [5, 5.41) is 3.28. The van der Waals surface area contributed by atoms with E-state index in [4.69, 9.17) is 0 Å². The van der Waals surface area contributed by atoms with E-state index in [-0.39, 0.29) is 0 Å². The van der Waals surface area contributed by atoms with Gasteiger partial charge in [0.25, 0.3) is 0 Å². The number of aromatic nitrogens is 3. The molecular formula is C14H17N5. The van der Waals surface area contributed by atoms with E-state index >= 15 is 0 Å². The monoisotopic (exact) mass is 255 g/mol. The number of rotatable bonds is 5. The highest BCUT2D eigenvalue weighted by molar-refractivity contribution is 5.80. The van der Waals surface area contributed by atoms with Gasteiger partial charge in [-0.15, -0.1) is 0 Å². The van der Waals surface area contributed by atoms with Crippen molar-refractivity contribution in [2.75, 3.05) is 18.9 Å². The Morgan fingerprint density at radius 3 is 3.16 bits per heavy atom. The van der Waals surface area contributed by atoms with Crippen LogP contribution in [0.3, 0.4) is 0 Å². The van der Waals surface area contributed by atoms with Gasteiger partial charge in [-0.1, -0.05) is 18.7 Å². The first-order chi connectivity index (χ1) is 9.24. The summed E-state index contributed by atoms with van der Waals surface area (Å²) in [7, 11) is 1.74. The molecule has 2 rings (SSSR count).